The van der Waals surface area contributed by atoms with E-state index >= 15 is 0 Å². The van der Waals surface area contributed by atoms with Gasteiger partial charge in [0.05, 0.1) is 0 Å². The Balaban J connectivity index is -0.0000000708. The molecule has 0 radical (unpaired) electrons. The van der Waals surface area contributed by atoms with Crippen molar-refractivity contribution in [1.82, 2.24) is 4.90 Å². The predicted molar refractivity (Wildman–Crippen MR) is 72.1 cm³/mol. The van der Waals surface area contributed by atoms with Gasteiger partial charge in [-0.15, -0.1) is 0 Å². The highest BCUT2D eigenvalue weighted by molar-refractivity contribution is 4.42. The van der Waals surface area contributed by atoms with Crippen LogP contribution in [-0.2, 0) is 0 Å². The van der Waals surface area contributed by atoms with E-state index in [9.17, 15) is 0 Å². The molecule has 1 nitrogen and oxygen atoms in total. The van der Waals surface area contributed by atoms with Gasteiger partial charge in [-0.3, -0.25) is 0 Å². The summed E-state index contributed by atoms with van der Waals surface area (Å²) in [6.07, 6.45) is 4.05. The summed E-state index contributed by atoms with van der Waals surface area (Å²) >= 11 is 0. The lowest BCUT2D eigenvalue weighted by atomic mass is 10.2. The van der Waals surface area contributed by atoms with E-state index in [2.05, 4.69) is 25.9 Å². The van der Waals surface area contributed by atoms with Crippen molar-refractivity contribution in [1.29, 1.82) is 0 Å². The Labute approximate surface area is 93.9 Å². The molecule has 0 spiro atoms. The minimum absolute atomic E-state index is 1.24. The summed E-state index contributed by atoms with van der Waals surface area (Å²) < 4.78 is 0. The van der Waals surface area contributed by atoms with Gasteiger partial charge in [0, 0.05) is 0 Å². The van der Waals surface area contributed by atoms with Crippen LogP contribution in [0.3, 0.4) is 0 Å². The van der Waals surface area contributed by atoms with E-state index in [-0.39, 0.29) is 0 Å². The first-order valence-electron chi connectivity index (χ1n) is 6.42. The van der Waals surface area contributed by atoms with Crippen LogP contribution in [0.5, 0.6) is 0 Å². The van der Waals surface area contributed by atoms with Crippen LogP contribution >= 0.6 is 0 Å². The van der Waals surface area contributed by atoms with Crippen LogP contribution in [0.4, 0.5) is 0 Å². The van der Waals surface area contributed by atoms with Gasteiger partial charge >= 0.3 is 0 Å². The van der Waals surface area contributed by atoms with Gasteiger partial charge in [0.2, 0.25) is 0 Å². The first-order valence-corrected chi connectivity index (χ1v) is 6.42. The minimum atomic E-state index is 1.24. The van der Waals surface area contributed by atoms with E-state index in [1.165, 1.54) is 25.8 Å². The summed E-state index contributed by atoms with van der Waals surface area (Å²) in [4.78, 5) is 2.23. The zero-order valence-corrected chi connectivity index (χ0v) is 12.3. The van der Waals surface area contributed by atoms with Gasteiger partial charge in [0.15, 0.2) is 0 Å². The summed E-state index contributed by atoms with van der Waals surface area (Å²) in [5, 5.41) is 0. The number of hydrogen-bond acceptors (Lipinski definition) is 1. The second-order valence-electron chi connectivity index (χ2n) is 2.51. The summed E-state index contributed by atoms with van der Waals surface area (Å²) in [6, 6.07) is 0. The fourth-order valence-corrected chi connectivity index (χ4v) is 0.678. The molecule has 0 N–H and O–H groups in total. The molecule has 0 aliphatic carbocycles. The van der Waals surface area contributed by atoms with E-state index in [1.54, 1.807) is 0 Å². The van der Waals surface area contributed by atoms with Crippen molar-refractivity contribution in [3.05, 3.63) is 0 Å². The van der Waals surface area contributed by atoms with E-state index in [1.807, 2.05) is 41.5 Å². The smallest absolute Gasteiger partial charge is 0.00248 e. The third-order valence-corrected chi connectivity index (χ3v) is 1.21. The van der Waals surface area contributed by atoms with E-state index in [0.29, 0.717) is 0 Å². The number of hydrogen-bond donors (Lipinski definition) is 0. The van der Waals surface area contributed by atoms with Gasteiger partial charge in [-0.25, -0.2) is 0 Å². The number of unbranched alkanes of at least 4 members (excludes halogenated alkanes) is 2. The molecule has 0 atom stereocenters. The van der Waals surface area contributed by atoms with Crippen molar-refractivity contribution in [2.24, 2.45) is 0 Å². The van der Waals surface area contributed by atoms with Gasteiger partial charge in [-0.1, -0.05) is 61.3 Å². The summed E-state index contributed by atoms with van der Waals surface area (Å²) in [6.45, 7) is 15.5. The van der Waals surface area contributed by atoms with Gasteiger partial charge in [-0.2, -0.15) is 0 Å². The highest BCUT2D eigenvalue weighted by Crippen LogP contribution is 1.93. The lowest BCUT2D eigenvalue weighted by molar-refractivity contribution is 0.393. The maximum Gasteiger partial charge on any atom is -0.00248 e. The zero-order valence-electron chi connectivity index (χ0n) is 12.3. The average molecular weight is 205 g/mol. The topological polar surface area (TPSA) is 3.24 Å². The maximum absolute atomic E-state index is 2.23. The minimum Gasteiger partial charge on any atom is -0.309 e. The second-order valence-corrected chi connectivity index (χ2v) is 2.51. The third-order valence-electron chi connectivity index (χ3n) is 1.21. The average Bonchev–Trinajstić information content (AvgIpc) is 2.27. The zero-order chi connectivity index (χ0) is 12.4. The molecular formula is C13H35N. The quantitative estimate of drug-likeness (QED) is 0.595. The van der Waals surface area contributed by atoms with Crippen molar-refractivity contribution < 1.29 is 0 Å². The van der Waals surface area contributed by atoms with Gasteiger partial charge in [0.1, 0.15) is 0 Å². The molecule has 0 amide bonds. The standard InChI is InChI=1S/C7H17N.3C2H6/c1-4-5-6-7-8(2)3;3*1-2/h4-7H2,1-3H3;3*1-2H3. The van der Waals surface area contributed by atoms with Crippen LogP contribution in [0.15, 0.2) is 0 Å². The molecule has 0 aromatic carbocycles. The lowest BCUT2D eigenvalue weighted by Gasteiger charge is -2.06. The van der Waals surface area contributed by atoms with Crippen LogP contribution in [0.1, 0.15) is 67.7 Å². The van der Waals surface area contributed by atoms with Gasteiger partial charge in [-0.05, 0) is 27.1 Å². The molecule has 0 aliphatic rings. The monoisotopic (exact) mass is 205 g/mol. The Morgan fingerprint density at radius 3 is 1.29 bits per heavy atom. The predicted octanol–water partition coefficient (Wildman–Crippen LogP) is 4.82. The fourth-order valence-electron chi connectivity index (χ4n) is 0.678. The molecule has 0 unspecified atom stereocenters. The molecule has 14 heavy (non-hydrogen) atoms. The molecule has 0 heterocycles. The first-order chi connectivity index (χ1) is 6.77. The summed E-state index contributed by atoms with van der Waals surface area (Å²) in [5.41, 5.74) is 0. The maximum atomic E-state index is 2.23. The van der Waals surface area contributed by atoms with E-state index in [0.717, 1.165) is 0 Å². The Hall–Kier alpha value is -0.0400. The second kappa shape index (κ2) is 38.3. The number of rotatable bonds is 4. The molecule has 0 fully saturated rings. The highest BCUT2D eigenvalue weighted by Gasteiger charge is 1.86. The van der Waals surface area contributed by atoms with Crippen LogP contribution in [-0.4, -0.2) is 25.5 Å². The largest absolute Gasteiger partial charge is 0.309 e. The van der Waals surface area contributed by atoms with Crippen molar-refractivity contribution >= 4 is 0 Å². The van der Waals surface area contributed by atoms with Gasteiger partial charge < -0.3 is 4.90 Å². The Bertz CT molecular complexity index is 42.5. The first kappa shape index (κ1) is 23.6. The molecule has 0 bridgehead atoms. The van der Waals surface area contributed by atoms with Crippen LogP contribution in [0.2, 0.25) is 0 Å². The molecule has 0 saturated heterocycles. The van der Waals surface area contributed by atoms with Crippen molar-refractivity contribution in [2.75, 3.05) is 20.6 Å². The van der Waals surface area contributed by atoms with E-state index in [4.69, 9.17) is 0 Å². The SMILES string of the molecule is CC.CC.CC.CCCCCN(C)C. The fraction of sp³-hybridized carbons (Fsp3) is 1.00. The van der Waals surface area contributed by atoms with Crippen LogP contribution in [0.25, 0.3) is 0 Å². The van der Waals surface area contributed by atoms with Crippen LogP contribution < -0.4 is 0 Å². The van der Waals surface area contributed by atoms with Crippen molar-refractivity contribution in [3.63, 3.8) is 0 Å². The summed E-state index contributed by atoms with van der Waals surface area (Å²) in [5.74, 6) is 0. The van der Waals surface area contributed by atoms with Gasteiger partial charge in [0.25, 0.3) is 0 Å². The van der Waals surface area contributed by atoms with Crippen molar-refractivity contribution in [2.45, 2.75) is 67.7 Å². The Morgan fingerprint density at radius 2 is 1.07 bits per heavy atom. The summed E-state index contributed by atoms with van der Waals surface area (Å²) in [7, 11) is 4.24. The molecule has 0 aromatic heterocycles. The van der Waals surface area contributed by atoms with E-state index < -0.39 is 0 Å². The lowest BCUT2D eigenvalue weighted by Crippen LogP contribution is -2.12. The Morgan fingerprint density at radius 1 is 0.714 bits per heavy atom. The molecule has 0 rings (SSSR count). The third kappa shape index (κ3) is 58.4. The number of nitrogens with zero attached hydrogens (tertiary/aromatic N) is 1. The molecule has 0 aromatic rings. The molecule has 1 heteroatoms. The molecule has 0 aliphatic heterocycles. The van der Waals surface area contributed by atoms with Crippen molar-refractivity contribution in [3.8, 4) is 0 Å². The normalized spacial score (nSPS) is 7.29. The molecule has 0 saturated carbocycles. The molecular weight excluding hydrogens is 170 g/mol. The Kier molecular flexibility index (Phi) is 64.6. The molecule has 92 valence electrons. The highest BCUT2D eigenvalue weighted by atomic mass is 15.0. The van der Waals surface area contributed by atoms with Crippen LogP contribution in [0, 0.1) is 0 Å².